The number of hydrogen-bond acceptors (Lipinski definition) is 5. The molecule has 2 aromatic carbocycles. The van der Waals surface area contributed by atoms with Crippen LogP contribution in [-0.2, 0) is 24.2 Å². The van der Waals surface area contributed by atoms with Crippen molar-refractivity contribution in [1.29, 1.82) is 0 Å². The highest BCUT2D eigenvalue weighted by atomic mass is 19.4. The Bertz CT molecular complexity index is 1460. The van der Waals surface area contributed by atoms with E-state index in [-0.39, 0.29) is 12.2 Å². The standard InChI is InChI=1S/C25H22F4N4O4/c1-13(25(27,28)29)37-20-12-18(33-24(36)32-9-5-4-8-21(32)31-33)17(26)11-16(20)23(35)30-22-15-7-3-2-6-14(15)10-19(22)34/h2-3,6-7,11-13,22H,4-5,8-10H2,1H3,(H,30,35)/t13-,22-/m0/s1. The largest absolute Gasteiger partial charge is 0.480 e. The Morgan fingerprint density at radius 2 is 1.95 bits per heavy atom. The van der Waals surface area contributed by atoms with Crippen LogP contribution in [0.4, 0.5) is 17.6 Å². The number of rotatable bonds is 5. The first-order valence-corrected chi connectivity index (χ1v) is 11.7. The first-order valence-electron chi connectivity index (χ1n) is 11.7. The number of Topliss-reactive ketones (excluding diaryl/α,β-unsaturated/α-hetero) is 1. The number of nitrogens with one attached hydrogen (secondary N) is 1. The fourth-order valence-electron chi connectivity index (χ4n) is 4.60. The van der Waals surface area contributed by atoms with Gasteiger partial charge in [0.1, 0.15) is 29.1 Å². The molecule has 2 heterocycles. The molecule has 0 radical (unpaired) electrons. The molecule has 0 saturated carbocycles. The second-order valence-electron chi connectivity index (χ2n) is 9.07. The molecular formula is C25H22F4N4O4. The molecule has 1 aliphatic heterocycles. The Hall–Kier alpha value is -3.96. The van der Waals surface area contributed by atoms with Crippen molar-refractivity contribution in [3.8, 4) is 11.4 Å². The molecule has 3 aromatic rings. The van der Waals surface area contributed by atoms with E-state index < -0.39 is 52.7 Å². The second kappa shape index (κ2) is 9.16. The number of hydrogen-bond donors (Lipinski definition) is 1. The van der Waals surface area contributed by atoms with Gasteiger partial charge >= 0.3 is 11.9 Å². The third kappa shape index (κ3) is 4.51. The molecule has 5 rings (SSSR count). The molecule has 1 N–H and O–H groups in total. The van der Waals surface area contributed by atoms with E-state index in [2.05, 4.69) is 10.4 Å². The van der Waals surface area contributed by atoms with Gasteiger partial charge in [-0.25, -0.2) is 9.18 Å². The van der Waals surface area contributed by atoms with E-state index >= 15 is 4.39 Å². The van der Waals surface area contributed by atoms with Crippen LogP contribution in [-0.4, -0.2) is 38.3 Å². The van der Waals surface area contributed by atoms with Crippen LogP contribution in [0.15, 0.2) is 41.2 Å². The molecule has 1 aromatic heterocycles. The zero-order valence-electron chi connectivity index (χ0n) is 19.6. The SMILES string of the molecule is C[C@H](Oc1cc(-n2nc3n(c2=O)CCCC3)c(F)cc1C(=O)N[C@@H]1C(=O)Cc2ccccc21)C(F)(F)F. The van der Waals surface area contributed by atoms with Crippen molar-refractivity contribution in [2.75, 3.05) is 0 Å². The summed E-state index contributed by atoms with van der Waals surface area (Å²) < 4.78 is 62.5. The summed E-state index contributed by atoms with van der Waals surface area (Å²) in [6.07, 6.45) is -5.03. The van der Waals surface area contributed by atoms with E-state index in [9.17, 15) is 27.6 Å². The number of ketones is 1. The number of fused-ring (bicyclic) bond motifs is 2. The van der Waals surface area contributed by atoms with Crippen molar-refractivity contribution in [3.05, 3.63) is 75.2 Å². The van der Waals surface area contributed by atoms with Crippen molar-refractivity contribution in [2.24, 2.45) is 0 Å². The van der Waals surface area contributed by atoms with Crippen LogP contribution in [0.3, 0.4) is 0 Å². The van der Waals surface area contributed by atoms with E-state index in [0.717, 1.165) is 30.5 Å². The lowest BCUT2D eigenvalue weighted by Crippen LogP contribution is -2.34. The van der Waals surface area contributed by atoms with Crippen LogP contribution in [0, 0.1) is 5.82 Å². The number of ether oxygens (including phenoxy) is 1. The van der Waals surface area contributed by atoms with Gasteiger partial charge in [0, 0.05) is 25.5 Å². The van der Waals surface area contributed by atoms with Gasteiger partial charge in [0.15, 0.2) is 11.9 Å². The molecule has 12 heteroatoms. The fourth-order valence-corrected chi connectivity index (χ4v) is 4.60. The third-order valence-corrected chi connectivity index (χ3v) is 6.59. The van der Waals surface area contributed by atoms with Crippen molar-refractivity contribution < 1.29 is 31.9 Å². The number of carbonyl (C=O) groups is 2. The van der Waals surface area contributed by atoms with Gasteiger partial charge in [0.25, 0.3) is 5.91 Å². The molecule has 0 bridgehead atoms. The van der Waals surface area contributed by atoms with Gasteiger partial charge in [0.05, 0.1) is 5.56 Å². The van der Waals surface area contributed by atoms with Gasteiger partial charge in [-0.1, -0.05) is 24.3 Å². The summed E-state index contributed by atoms with van der Waals surface area (Å²) in [6, 6.07) is 7.33. The number of aryl methyl sites for hydroxylation is 1. The highest BCUT2D eigenvalue weighted by Gasteiger charge is 2.39. The third-order valence-electron chi connectivity index (χ3n) is 6.59. The average Bonchev–Trinajstić information content (AvgIpc) is 3.35. The summed E-state index contributed by atoms with van der Waals surface area (Å²) in [4.78, 5) is 38.5. The molecule has 0 fully saturated rings. The average molecular weight is 518 g/mol. The number of amides is 1. The molecular weight excluding hydrogens is 496 g/mol. The van der Waals surface area contributed by atoms with E-state index in [1.807, 2.05) is 0 Å². The first-order chi connectivity index (χ1) is 17.5. The molecule has 8 nitrogen and oxygen atoms in total. The number of alkyl halides is 3. The first kappa shape index (κ1) is 24.7. The zero-order chi connectivity index (χ0) is 26.5. The van der Waals surface area contributed by atoms with Gasteiger partial charge in [-0.15, -0.1) is 5.10 Å². The van der Waals surface area contributed by atoms with Gasteiger partial charge < -0.3 is 10.1 Å². The zero-order valence-corrected chi connectivity index (χ0v) is 19.6. The highest BCUT2D eigenvalue weighted by Crippen LogP contribution is 2.33. The van der Waals surface area contributed by atoms with Crippen molar-refractivity contribution >= 4 is 11.7 Å². The van der Waals surface area contributed by atoms with Crippen LogP contribution < -0.4 is 15.7 Å². The lowest BCUT2D eigenvalue weighted by Gasteiger charge is -2.21. The molecule has 0 unspecified atom stereocenters. The summed E-state index contributed by atoms with van der Waals surface area (Å²) in [5, 5.41) is 6.63. The molecule has 194 valence electrons. The van der Waals surface area contributed by atoms with Crippen LogP contribution in [0.5, 0.6) is 5.75 Å². The Balaban J connectivity index is 1.55. The fraction of sp³-hybridized carbons (Fsp3) is 0.360. The smallest absolute Gasteiger partial charge is 0.425 e. The number of halogens is 4. The molecule has 1 aliphatic carbocycles. The normalized spacial score (nSPS) is 17.8. The molecule has 1 amide bonds. The predicted molar refractivity (Wildman–Crippen MR) is 122 cm³/mol. The molecule has 37 heavy (non-hydrogen) atoms. The van der Waals surface area contributed by atoms with Crippen LogP contribution in [0.2, 0.25) is 0 Å². The highest BCUT2D eigenvalue weighted by molar-refractivity contribution is 6.02. The molecule has 0 spiro atoms. The predicted octanol–water partition coefficient (Wildman–Crippen LogP) is 3.44. The van der Waals surface area contributed by atoms with Gasteiger partial charge in [-0.2, -0.15) is 17.9 Å². The van der Waals surface area contributed by atoms with Crippen LogP contribution in [0.25, 0.3) is 5.69 Å². The summed E-state index contributed by atoms with van der Waals surface area (Å²) >= 11 is 0. The minimum Gasteiger partial charge on any atom is -0.480 e. The van der Waals surface area contributed by atoms with Gasteiger partial charge in [0.2, 0.25) is 0 Å². The van der Waals surface area contributed by atoms with E-state index in [0.29, 0.717) is 36.0 Å². The molecule has 0 saturated heterocycles. The minimum atomic E-state index is -4.78. The van der Waals surface area contributed by atoms with E-state index in [4.69, 9.17) is 4.74 Å². The minimum absolute atomic E-state index is 0.0802. The van der Waals surface area contributed by atoms with E-state index in [1.165, 1.54) is 4.57 Å². The maximum Gasteiger partial charge on any atom is 0.425 e. The maximum absolute atomic E-state index is 15.3. The number of carbonyl (C=O) groups excluding carboxylic acids is 2. The van der Waals surface area contributed by atoms with E-state index in [1.54, 1.807) is 24.3 Å². The van der Waals surface area contributed by atoms with Crippen LogP contribution >= 0.6 is 0 Å². The maximum atomic E-state index is 15.3. The summed E-state index contributed by atoms with van der Waals surface area (Å²) in [6.45, 7) is 1.13. The number of aromatic nitrogens is 3. The van der Waals surface area contributed by atoms with Crippen molar-refractivity contribution in [2.45, 2.75) is 57.5 Å². The summed E-state index contributed by atoms with van der Waals surface area (Å²) in [5.74, 6) is -2.54. The summed E-state index contributed by atoms with van der Waals surface area (Å²) in [7, 11) is 0. The van der Waals surface area contributed by atoms with Gasteiger partial charge in [-0.05, 0) is 37.0 Å². The number of benzene rings is 2. The van der Waals surface area contributed by atoms with Gasteiger partial charge in [-0.3, -0.25) is 14.2 Å². The Morgan fingerprint density at radius 3 is 2.68 bits per heavy atom. The Kier molecular flexibility index (Phi) is 6.12. The second-order valence-corrected chi connectivity index (χ2v) is 9.07. The topological polar surface area (TPSA) is 95.2 Å². The van der Waals surface area contributed by atoms with Crippen LogP contribution in [0.1, 0.15) is 53.1 Å². The Labute approximate surface area is 207 Å². The van der Waals surface area contributed by atoms with Crippen molar-refractivity contribution in [3.63, 3.8) is 0 Å². The monoisotopic (exact) mass is 518 g/mol. The molecule has 2 atom stereocenters. The molecule has 2 aliphatic rings. The lowest BCUT2D eigenvalue weighted by molar-refractivity contribution is -0.189. The lowest BCUT2D eigenvalue weighted by atomic mass is 10.1. The number of nitrogens with zero attached hydrogens (tertiary/aromatic N) is 3. The Morgan fingerprint density at radius 1 is 1.19 bits per heavy atom. The van der Waals surface area contributed by atoms with Crippen molar-refractivity contribution in [1.82, 2.24) is 19.7 Å². The quantitative estimate of drug-likeness (QED) is 0.523. The summed E-state index contributed by atoms with van der Waals surface area (Å²) in [5.41, 5.74) is -0.376.